The predicted molar refractivity (Wildman–Crippen MR) is 99.7 cm³/mol. The van der Waals surface area contributed by atoms with Crippen LogP contribution in [0.1, 0.15) is 36.9 Å². The lowest BCUT2D eigenvalue weighted by Gasteiger charge is -2.27. The zero-order valence-electron chi connectivity index (χ0n) is 13.1. The van der Waals surface area contributed by atoms with Gasteiger partial charge in [-0.2, -0.15) is 0 Å². The molecule has 0 saturated heterocycles. The minimum absolute atomic E-state index is 0.106. The van der Waals surface area contributed by atoms with Gasteiger partial charge in [-0.15, -0.1) is 11.8 Å². The van der Waals surface area contributed by atoms with E-state index in [2.05, 4.69) is 45.5 Å². The van der Waals surface area contributed by atoms with E-state index in [9.17, 15) is 4.79 Å². The molecule has 2 aromatic carbocycles. The van der Waals surface area contributed by atoms with Gasteiger partial charge in [0.15, 0.2) is 0 Å². The average Bonchev–Trinajstić information content (AvgIpc) is 2.57. The summed E-state index contributed by atoms with van der Waals surface area (Å²) in [6.45, 7) is 1.97. The van der Waals surface area contributed by atoms with Gasteiger partial charge in [-0.1, -0.05) is 40.2 Å². The first-order valence-electron chi connectivity index (χ1n) is 7.94. The molecule has 0 heterocycles. The Morgan fingerprint density at radius 2 is 1.96 bits per heavy atom. The maximum absolute atomic E-state index is 12.6. The third kappa shape index (κ3) is 4.18. The SMILES string of the molecule is C[C@@H](Sc1ccc(Br)cc1)C(=O)N[C@@H]1CCCc2ccccc21. The molecule has 1 N–H and O–H groups in total. The summed E-state index contributed by atoms with van der Waals surface area (Å²) in [5, 5.41) is 3.13. The quantitative estimate of drug-likeness (QED) is 0.734. The van der Waals surface area contributed by atoms with Gasteiger partial charge in [-0.3, -0.25) is 4.79 Å². The highest BCUT2D eigenvalue weighted by atomic mass is 79.9. The molecule has 4 heteroatoms. The summed E-state index contributed by atoms with van der Waals surface area (Å²) < 4.78 is 1.05. The number of carbonyl (C=O) groups is 1. The highest BCUT2D eigenvalue weighted by Gasteiger charge is 2.23. The van der Waals surface area contributed by atoms with Gasteiger partial charge < -0.3 is 5.32 Å². The number of hydrogen-bond acceptors (Lipinski definition) is 2. The van der Waals surface area contributed by atoms with Crippen LogP contribution < -0.4 is 5.32 Å². The summed E-state index contributed by atoms with van der Waals surface area (Å²) >= 11 is 5.03. The zero-order valence-corrected chi connectivity index (χ0v) is 15.5. The number of thioether (sulfide) groups is 1. The molecule has 0 radical (unpaired) electrons. The van der Waals surface area contributed by atoms with Crippen LogP contribution in [0.5, 0.6) is 0 Å². The Labute approximate surface area is 150 Å². The van der Waals surface area contributed by atoms with Gasteiger partial charge in [0.1, 0.15) is 0 Å². The van der Waals surface area contributed by atoms with Crippen LogP contribution in [0.25, 0.3) is 0 Å². The molecule has 0 fully saturated rings. The van der Waals surface area contributed by atoms with Crippen molar-refractivity contribution in [2.45, 2.75) is 42.4 Å². The molecule has 3 rings (SSSR count). The van der Waals surface area contributed by atoms with Crippen molar-refractivity contribution in [3.05, 3.63) is 64.1 Å². The third-order valence-electron chi connectivity index (χ3n) is 4.18. The number of nitrogens with one attached hydrogen (secondary N) is 1. The van der Waals surface area contributed by atoms with Crippen LogP contribution in [0.3, 0.4) is 0 Å². The number of halogens is 1. The largest absolute Gasteiger partial charge is 0.348 e. The van der Waals surface area contributed by atoms with Crippen molar-refractivity contribution < 1.29 is 4.79 Å². The van der Waals surface area contributed by atoms with E-state index in [0.29, 0.717) is 0 Å². The molecule has 2 nitrogen and oxygen atoms in total. The van der Waals surface area contributed by atoms with Gasteiger partial charge in [0.2, 0.25) is 5.91 Å². The number of fused-ring (bicyclic) bond motifs is 1. The van der Waals surface area contributed by atoms with Gasteiger partial charge in [0, 0.05) is 9.37 Å². The summed E-state index contributed by atoms with van der Waals surface area (Å²) in [5.74, 6) is 0.111. The Bertz CT molecular complexity index is 686. The van der Waals surface area contributed by atoms with Crippen LogP contribution in [0.15, 0.2) is 57.9 Å². The molecule has 0 aromatic heterocycles. The van der Waals surface area contributed by atoms with Gasteiger partial charge >= 0.3 is 0 Å². The molecule has 0 aliphatic heterocycles. The molecule has 0 spiro atoms. The van der Waals surface area contributed by atoms with Crippen molar-refractivity contribution in [3.8, 4) is 0 Å². The molecule has 0 unspecified atom stereocenters. The van der Waals surface area contributed by atoms with Crippen molar-refractivity contribution >= 4 is 33.6 Å². The molecule has 1 amide bonds. The predicted octanol–water partition coefficient (Wildman–Crippen LogP) is 5.12. The lowest BCUT2D eigenvalue weighted by Crippen LogP contribution is -2.35. The monoisotopic (exact) mass is 389 g/mol. The second-order valence-corrected chi connectivity index (χ2v) is 8.20. The fourth-order valence-electron chi connectivity index (χ4n) is 2.96. The van der Waals surface area contributed by atoms with Gasteiger partial charge in [0.25, 0.3) is 0 Å². The standard InChI is InChI=1S/C19H20BrNOS/c1-13(23-16-11-9-15(20)10-12-16)19(22)21-18-8-4-6-14-5-2-3-7-17(14)18/h2-3,5,7,9-13,18H,4,6,8H2,1H3,(H,21,22)/t13-,18-/m1/s1. The van der Waals surface area contributed by atoms with E-state index in [-0.39, 0.29) is 17.2 Å². The number of aryl methyl sites for hydroxylation is 1. The van der Waals surface area contributed by atoms with Gasteiger partial charge in [0.05, 0.1) is 11.3 Å². The second-order valence-electron chi connectivity index (χ2n) is 5.87. The van der Waals surface area contributed by atoms with Crippen LogP contribution in [0.4, 0.5) is 0 Å². The molecule has 2 aromatic rings. The first-order chi connectivity index (χ1) is 11.1. The topological polar surface area (TPSA) is 29.1 Å². The second kappa shape index (κ2) is 7.54. The normalized spacial score (nSPS) is 18.1. The number of rotatable bonds is 4. The smallest absolute Gasteiger partial charge is 0.233 e. The van der Waals surface area contributed by atoms with Crippen LogP contribution in [0.2, 0.25) is 0 Å². The Balaban J connectivity index is 1.64. The highest BCUT2D eigenvalue weighted by Crippen LogP contribution is 2.31. The average molecular weight is 390 g/mol. The highest BCUT2D eigenvalue weighted by molar-refractivity contribution is 9.10. The summed E-state index contributed by atoms with van der Waals surface area (Å²) in [6, 6.07) is 16.7. The summed E-state index contributed by atoms with van der Waals surface area (Å²) in [7, 11) is 0. The minimum atomic E-state index is -0.106. The van der Waals surface area contributed by atoms with E-state index in [1.165, 1.54) is 11.1 Å². The molecular formula is C19H20BrNOS. The number of carbonyl (C=O) groups excluding carboxylic acids is 1. The number of hydrogen-bond donors (Lipinski definition) is 1. The molecule has 0 saturated carbocycles. The van der Waals surface area contributed by atoms with Crippen LogP contribution in [-0.4, -0.2) is 11.2 Å². The molecule has 1 aliphatic carbocycles. The molecule has 23 heavy (non-hydrogen) atoms. The van der Waals surface area contributed by atoms with Gasteiger partial charge in [-0.25, -0.2) is 0 Å². The Morgan fingerprint density at radius 3 is 2.74 bits per heavy atom. The fraction of sp³-hybridized carbons (Fsp3) is 0.316. The van der Waals surface area contributed by atoms with E-state index in [1.54, 1.807) is 11.8 Å². The molecule has 1 aliphatic rings. The fourth-order valence-corrected chi connectivity index (χ4v) is 4.10. The third-order valence-corrected chi connectivity index (χ3v) is 5.82. The maximum atomic E-state index is 12.6. The van der Waals surface area contributed by atoms with E-state index in [1.807, 2.05) is 31.2 Å². The van der Waals surface area contributed by atoms with Crippen molar-refractivity contribution in [1.82, 2.24) is 5.32 Å². The zero-order chi connectivity index (χ0) is 16.2. The minimum Gasteiger partial charge on any atom is -0.348 e. The summed E-state index contributed by atoms with van der Waals surface area (Å²) in [5.41, 5.74) is 2.66. The van der Waals surface area contributed by atoms with Gasteiger partial charge in [-0.05, 0) is 61.6 Å². The number of amides is 1. The van der Waals surface area contributed by atoms with E-state index >= 15 is 0 Å². The van der Waals surface area contributed by atoms with E-state index < -0.39 is 0 Å². The summed E-state index contributed by atoms with van der Waals surface area (Å²) in [6.07, 6.45) is 3.28. The Kier molecular flexibility index (Phi) is 5.44. The first kappa shape index (κ1) is 16.6. The summed E-state index contributed by atoms with van der Waals surface area (Å²) in [4.78, 5) is 13.7. The van der Waals surface area contributed by atoms with E-state index in [4.69, 9.17) is 0 Å². The number of benzene rings is 2. The first-order valence-corrected chi connectivity index (χ1v) is 9.61. The van der Waals surface area contributed by atoms with Crippen LogP contribution in [-0.2, 0) is 11.2 Å². The van der Waals surface area contributed by atoms with Crippen molar-refractivity contribution in [1.29, 1.82) is 0 Å². The Hall–Kier alpha value is -1.26. The maximum Gasteiger partial charge on any atom is 0.233 e. The van der Waals surface area contributed by atoms with Crippen molar-refractivity contribution in [2.75, 3.05) is 0 Å². The van der Waals surface area contributed by atoms with Crippen molar-refractivity contribution in [2.24, 2.45) is 0 Å². The molecule has 2 atom stereocenters. The molecule has 0 bridgehead atoms. The Morgan fingerprint density at radius 1 is 1.22 bits per heavy atom. The lowest BCUT2D eigenvalue weighted by molar-refractivity contribution is -0.121. The lowest BCUT2D eigenvalue weighted by atomic mass is 9.88. The van der Waals surface area contributed by atoms with E-state index in [0.717, 1.165) is 28.6 Å². The van der Waals surface area contributed by atoms with Crippen LogP contribution in [0, 0.1) is 0 Å². The molecular weight excluding hydrogens is 370 g/mol. The molecule has 120 valence electrons. The van der Waals surface area contributed by atoms with Crippen LogP contribution >= 0.6 is 27.7 Å². The van der Waals surface area contributed by atoms with Crippen molar-refractivity contribution in [3.63, 3.8) is 0 Å².